The fraction of sp³-hybridized carbons (Fsp3) is 0.688. The van der Waals surface area contributed by atoms with E-state index in [-0.39, 0.29) is 11.4 Å². The van der Waals surface area contributed by atoms with Crippen LogP contribution in [0.25, 0.3) is 0 Å². The van der Waals surface area contributed by atoms with E-state index in [1.54, 1.807) is 13.3 Å². The smallest absolute Gasteiger partial charge is 0.166 e. The average Bonchev–Trinajstić information content (AvgIpc) is 2.69. The Morgan fingerprint density at radius 1 is 1.10 bits per heavy atom. The molecule has 1 aromatic heterocycles. The first-order chi connectivity index (χ1) is 9.75. The maximum Gasteiger partial charge on any atom is 0.166 e. The second kappa shape index (κ2) is 5.60. The molecule has 0 spiro atoms. The number of carbonyl (C=O) groups is 1. The molecule has 0 saturated heterocycles. The Hall–Kier alpha value is -1.29. The monoisotopic (exact) mass is 274 g/mol. The van der Waals surface area contributed by atoms with Crippen LogP contribution in [0.4, 0.5) is 0 Å². The molecule has 3 rings (SSSR count). The van der Waals surface area contributed by atoms with E-state index >= 15 is 0 Å². The molecular weight excluding hydrogens is 252 g/mol. The predicted molar refractivity (Wildman–Crippen MR) is 75.7 cm³/mol. The largest absolute Gasteiger partial charge is 0.370 e. The van der Waals surface area contributed by atoms with Crippen LogP contribution in [0.2, 0.25) is 0 Å². The molecular formula is C16H22N2O2. The zero-order valence-corrected chi connectivity index (χ0v) is 12.2. The van der Waals surface area contributed by atoms with Gasteiger partial charge < -0.3 is 4.74 Å². The molecule has 0 unspecified atom stereocenters. The van der Waals surface area contributed by atoms with Crippen LogP contribution in [0, 0.1) is 0 Å². The summed E-state index contributed by atoms with van der Waals surface area (Å²) in [6, 6.07) is 0. The maximum atomic E-state index is 12.0. The number of fused-ring (bicyclic) bond motifs is 1. The molecule has 0 N–H and O–H groups in total. The van der Waals surface area contributed by atoms with Crippen LogP contribution in [0.15, 0.2) is 6.20 Å². The Morgan fingerprint density at radius 2 is 1.85 bits per heavy atom. The minimum Gasteiger partial charge on any atom is -0.370 e. The van der Waals surface area contributed by atoms with E-state index in [9.17, 15) is 4.79 Å². The molecule has 1 saturated carbocycles. The van der Waals surface area contributed by atoms with Gasteiger partial charge in [-0.05, 0) is 32.1 Å². The van der Waals surface area contributed by atoms with Gasteiger partial charge in [-0.15, -0.1) is 0 Å². The number of nitrogens with zero attached hydrogens (tertiary/aromatic N) is 2. The molecule has 108 valence electrons. The highest BCUT2D eigenvalue weighted by Crippen LogP contribution is 2.38. The summed E-state index contributed by atoms with van der Waals surface area (Å²) in [5.41, 5.74) is 1.33. The van der Waals surface area contributed by atoms with Crippen molar-refractivity contribution in [3.63, 3.8) is 0 Å². The number of ketones is 1. The van der Waals surface area contributed by atoms with Gasteiger partial charge in [-0.3, -0.25) is 4.79 Å². The van der Waals surface area contributed by atoms with Crippen molar-refractivity contribution in [1.29, 1.82) is 0 Å². The summed E-state index contributed by atoms with van der Waals surface area (Å²) in [6.07, 6.45) is 10.8. The Morgan fingerprint density at radius 3 is 2.60 bits per heavy atom. The highest BCUT2D eigenvalue weighted by atomic mass is 16.5. The van der Waals surface area contributed by atoms with Gasteiger partial charge in [0.15, 0.2) is 11.6 Å². The molecule has 2 aliphatic rings. The van der Waals surface area contributed by atoms with Crippen molar-refractivity contribution in [3.05, 3.63) is 23.3 Å². The highest BCUT2D eigenvalue weighted by Gasteiger charge is 2.37. The number of Topliss-reactive ketones (excluding diaryl/α,β-unsaturated/α-hetero) is 1. The summed E-state index contributed by atoms with van der Waals surface area (Å²) < 4.78 is 5.80. The summed E-state index contributed by atoms with van der Waals surface area (Å²) in [7, 11) is 1.76. The first kappa shape index (κ1) is 13.7. The van der Waals surface area contributed by atoms with Crippen molar-refractivity contribution in [1.82, 2.24) is 9.97 Å². The Kier molecular flexibility index (Phi) is 3.83. The number of hydrogen-bond acceptors (Lipinski definition) is 4. The third-order valence-electron chi connectivity index (χ3n) is 4.70. The van der Waals surface area contributed by atoms with Crippen molar-refractivity contribution in [3.8, 4) is 0 Å². The second-order valence-corrected chi connectivity index (χ2v) is 5.94. The molecule has 4 heteroatoms. The number of aromatic nitrogens is 2. The SMILES string of the molecule is COC1(c2ncc3c(n2)CCCCC3=O)CCCCC1. The Labute approximate surface area is 120 Å². The fourth-order valence-electron chi connectivity index (χ4n) is 3.41. The van der Waals surface area contributed by atoms with Gasteiger partial charge in [0.25, 0.3) is 0 Å². The van der Waals surface area contributed by atoms with Crippen molar-refractivity contribution < 1.29 is 9.53 Å². The van der Waals surface area contributed by atoms with Gasteiger partial charge in [0, 0.05) is 19.7 Å². The van der Waals surface area contributed by atoms with Gasteiger partial charge >= 0.3 is 0 Å². The molecule has 1 heterocycles. The summed E-state index contributed by atoms with van der Waals surface area (Å²) in [5, 5.41) is 0. The zero-order chi connectivity index (χ0) is 14.0. The third-order valence-corrected chi connectivity index (χ3v) is 4.70. The second-order valence-electron chi connectivity index (χ2n) is 5.94. The van der Waals surface area contributed by atoms with Crippen LogP contribution in [-0.4, -0.2) is 22.9 Å². The summed E-state index contributed by atoms with van der Waals surface area (Å²) in [4.78, 5) is 21.3. The third kappa shape index (κ3) is 2.37. The number of rotatable bonds is 2. The molecule has 2 aliphatic carbocycles. The van der Waals surface area contributed by atoms with Gasteiger partial charge in [0.1, 0.15) is 5.60 Å². The van der Waals surface area contributed by atoms with Crippen molar-refractivity contribution >= 4 is 5.78 Å². The molecule has 0 aromatic carbocycles. The molecule has 1 fully saturated rings. The minimum atomic E-state index is -0.331. The van der Waals surface area contributed by atoms with Crippen molar-refractivity contribution in [2.24, 2.45) is 0 Å². The first-order valence-corrected chi connectivity index (χ1v) is 7.70. The lowest BCUT2D eigenvalue weighted by molar-refractivity contribution is -0.0516. The van der Waals surface area contributed by atoms with E-state index in [1.807, 2.05) is 0 Å². The van der Waals surface area contributed by atoms with E-state index in [1.165, 1.54) is 6.42 Å². The van der Waals surface area contributed by atoms with Crippen molar-refractivity contribution in [2.45, 2.75) is 63.4 Å². The standard InChI is InChI=1S/C16H22N2O2/c1-20-16(9-5-2-6-10-16)15-17-11-12-13(18-15)7-3-4-8-14(12)19/h11H,2-10H2,1H3. The molecule has 0 aliphatic heterocycles. The summed E-state index contributed by atoms with van der Waals surface area (Å²) in [6.45, 7) is 0. The van der Waals surface area contributed by atoms with Crippen LogP contribution in [0.3, 0.4) is 0 Å². The number of carbonyl (C=O) groups excluding carboxylic acids is 1. The normalized spacial score (nSPS) is 22.1. The maximum absolute atomic E-state index is 12.0. The molecule has 0 radical (unpaired) electrons. The van der Waals surface area contributed by atoms with Crippen LogP contribution in [0.5, 0.6) is 0 Å². The molecule has 20 heavy (non-hydrogen) atoms. The van der Waals surface area contributed by atoms with Gasteiger partial charge in [-0.25, -0.2) is 9.97 Å². The lowest BCUT2D eigenvalue weighted by atomic mass is 9.83. The van der Waals surface area contributed by atoms with Crippen LogP contribution >= 0.6 is 0 Å². The average molecular weight is 274 g/mol. The van der Waals surface area contributed by atoms with Gasteiger partial charge in [0.2, 0.25) is 0 Å². The molecule has 1 aromatic rings. The zero-order valence-electron chi connectivity index (χ0n) is 12.2. The van der Waals surface area contributed by atoms with E-state index in [4.69, 9.17) is 9.72 Å². The van der Waals surface area contributed by atoms with Gasteiger partial charge in [-0.2, -0.15) is 0 Å². The number of ether oxygens (including phenoxy) is 1. The van der Waals surface area contributed by atoms with E-state index < -0.39 is 0 Å². The van der Waals surface area contributed by atoms with E-state index in [0.717, 1.165) is 62.0 Å². The van der Waals surface area contributed by atoms with Gasteiger partial charge in [0.05, 0.1) is 11.3 Å². The van der Waals surface area contributed by atoms with Gasteiger partial charge in [-0.1, -0.05) is 19.3 Å². The highest BCUT2D eigenvalue weighted by molar-refractivity contribution is 5.97. The first-order valence-electron chi connectivity index (χ1n) is 7.70. The minimum absolute atomic E-state index is 0.194. The summed E-state index contributed by atoms with van der Waals surface area (Å²) in [5.74, 6) is 0.979. The number of methoxy groups -OCH3 is 1. The topological polar surface area (TPSA) is 52.1 Å². The van der Waals surface area contributed by atoms with Crippen LogP contribution in [-0.2, 0) is 16.8 Å². The quantitative estimate of drug-likeness (QED) is 0.777. The number of hydrogen-bond donors (Lipinski definition) is 0. The lowest BCUT2D eigenvalue weighted by Crippen LogP contribution is -2.33. The van der Waals surface area contributed by atoms with Crippen LogP contribution < -0.4 is 0 Å². The lowest BCUT2D eigenvalue weighted by Gasteiger charge is -2.34. The number of aryl methyl sites for hydroxylation is 1. The Balaban J connectivity index is 1.98. The van der Waals surface area contributed by atoms with Crippen molar-refractivity contribution in [2.75, 3.05) is 7.11 Å². The molecule has 0 bridgehead atoms. The molecule has 0 atom stereocenters. The predicted octanol–water partition coefficient (Wildman–Crippen LogP) is 3.19. The Bertz CT molecular complexity index is 507. The van der Waals surface area contributed by atoms with E-state index in [2.05, 4.69) is 4.98 Å². The fourth-order valence-corrected chi connectivity index (χ4v) is 3.41. The van der Waals surface area contributed by atoms with E-state index in [0.29, 0.717) is 6.42 Å². The van der Waals surface area contributed by atoms with Crippen LogP contribution in [0.1, 0.15) is 73.2 Å². The molecule has 4 nitrogen and oxygen atoms in total. The summed E-state index contributed by atoms with van der Waals surface area (Å²) >= 11 is 0. The molecule has 0 amide bonds.